The number of benzene rings is 1. The predicted octanol–water partition coefficient (Wildman–Crippen LogP) is 2.79. The molecule has 1 amide bonds. The van der Waals surface area contributed by atoms with Crippen molar-refractivity contribution in [3.05, 3.63) is 45.7 Å². The number of carbonyl (C=O) groups is 1. The molecule has 8 heteroatoms. The van der Waals surface area contributed by atoms with Crippen LogP contribution in [-0.2, 0) is 22.4 Å². The van der Waals surface area contributed by atoms with E-state index < -0.39 is 0 Å². The molecule has 7 nitrogen and oxygen atoms in total. The van der Waals surface area contributed by atoms with Crippen LogP contribution in [0.1, 0.15) is 36.8 Å². The molecule has 0 spiro atoms. The summed E-state index contributed by atoms with van der Waals surface area (Å²) < 4.78 is 5.53. The molecule has 162 valence electrons. The summed E-state index contributed by atoms with van der Waals surface area (Å²) in [6, 6.07) is 7.60. The van der Waals surface area contributed by atoms with Crippen molar-refractivity contribution in [2.75, 3.05) is 38.2 Å². The topological polar surface area (TPSA) is 87.3 Å². The number of H-pyrrole nitrogens is 1. The van der Waals surface area contributed by atoms with Gasteiger partial charge in [0, 0.05) is 23.4 Å². The number of nitrogens with one attached hydrogen (secondary N) is 2. The molecule has 1 aliphatic carbocycles. The number of likely N-dealkylation sites (tertiary alicyclic amines) is 1. The molecule has 0 unspecified atom stereocenters. The summed E-state index contributed by atoms with van der Waals surface area (Å²) in [4.78, 5) is 26.7. The molecule has 1 aliphatic heterocycles. The van der Waals surface area contributed by atoms with Gasteiger partial charge in [-0.15, -0.1) is 12.4 Å². The van der Waals surface area contributed by atoms with Gasteiger partial charge in [0.05, 0.1) is 12.3 Å². The zero-order valence-corrected chi connectivity index (χ0v) is 17.9. The van der Waals surface area contributed by atoms with Gasteiger partial charge >= 0.3 is 0 Å². The zero-order valence-electron chi connectivity index (χ0n) is 17.1. The van der Waals surface area contributed by atoms with E-state index in [1.807, 2.05) is 24.3 Å². The highest BCUT2D eigenvalue weighted by atomic mass is 35.5. The largest absolute Gasteiger partial charge is 0.370 e. The molecule has 2 aliphatic rings. The number of nitrogens with zero attached hydrogens (tertiary/aromatic N) is 2. The van der Waals surface area contributed by atoms with E-state index in [1.165, 1.54) is 12.8 Å². The molecule has 1 aromatic heterocycles. The number of anilines is 1. The van der Waals surface area contributed by atoms with Crippen molar-refractivity contribution in [3.8, 4) is 11.3 Å². The number of aromatic amines is 1. The summed E-state index contributed by atoms with van der Waals surface area (Å²) in [5.74, 6) is -0.167. The van der Waals surface area contributed by atoms with Crippen molar-refractivity contribution in [1.82, 2.24) is 15.1 Å². The minimum atomic E-state index is -0.167. The van der Waals surface area contributed by atoms with Crippen LogP contribution >= 0.6 is 12.4 Å². The van der Waals surface area contributed by atoms with Gasteiger partial charge in [0.25, 0.3) is 5.56 Å². The second-order valence-electron chi connectivity index (χ2n) is 7.80. The highest BCUT2D eigenvalue weighted by Gasteiger charge is 2.19. The number of aromatic nitrogens is 2. The molecular weight excluding hydrogens is 404 g/mol. The molecule has 2 aromatic rings. The highest BCUT2D eigenvalue weighted by molar-refractivity contribution is 5.92. The van der Waals surface area contributed by atoms with Gasteiger partial charge in [-0.1, -0.05) is 12.1 Å². The Labute approximate surface area is 182 Å². The SMILES string of the molecule is Cl.O=C(COCCN1CCCC1)Nc1cccc(-c2n[nH]c(=O)c3c2CCCC3)c1. The molecule has 1 aromatic carbocycles. The maximum atomic E-state index is 12.2. The molecule has 0 radical (unpaired) electrons. The maximum Gasteiger partial charge on any atom is 0.267 e. The summed E-state index contributed by atoms with van der Waals surface area (Å²) in [7, 11) is 0. The van der Waals surface area contributed by atoms with Gasteiger partial charge in [-0.2, -0.15) is 5.10 Å². The normalized spacial score (nSPS) is 16.0. The molecule has 2 N–H and O–H groups in total. The van der Waals surface area contributed by atoms with Gasteiger partial charge in [0.1, 0.15) is 6.61 Å². The van der Waals surface area contributed by atoms with Crippen LogP contribution in [0.15, 0.2) is 29.1 Å². The average Bonchev–Trinajstić information content (AvgIpc) is 3.25. The first-order chi connectivity index (χ1) is 14.2. The zero-order chi connectivity index (χ0) is 20.1. The van der Waals surface area contributed by atoms with Crippen molar-refractivity contribution in [2.24, 2.45) is 0 Å². The lowest BCUT2D eigenvalue weighted by atomic mass is 9.90. The molecule has 0 saturated carbocycles. The van der Waals surface area contributed by atoms with E-state index in [0.29, 0.717) is 12.3 Å². The fraction of sp³-hybridized carbons (Fsp3) is 0.500. The van der Waals surface area contributed by atoms with Gasteiger partial charge < -0.3 is 15.0 Å². The Kier molecular flexibility index (Phi) is 8.01. The van der Waals surface area contributed by atoms with E-state index in [2.05, 4.69) is 20.4 Å². The Balaban J connectivity index is 0.00000256. The van der Waals surface area contributed by atoms with Crippen LogP contribution in [0.3, 0.4) is 0 Å². The third kappa shape index (κ3) is 5.47. The quantitative estimate of drug-likeness (QED) is 0.657. The van der Waals surface area contributed by atoms with Crippen LogP contribution in [0.4, 0.5) is 5.69 Å². The molecule has 0 bridgehead atoms. The Morgan fingerprint density at radius 2 is 1.90 bits per heavy atom. The van der Waals surface area contributed by atoms with Crippen LogP contribution in [0, 0.1) is 0 Å². The van der Waals surface area contributed by atoms with Crippen LogP contribution in [0.25, 0.3) is 11.3 Å². The summed E-state index contributed by atoms with van der Waals surface area (Å²) >= 11 is 0. The number of ether oxygens (including phenoxy) is 1. The molecule has 1 fully saturated rings. The van der Waals surface area contributed by atoms with Crippen LogP contribution in [0.5, 0.6) is 0 Å². The van der Waals surface area contributed by atoms with E-state index in [1.54, 1.807) is 0 Å². The first-order valence-corrected chi connectivity index (χ1v) is 10.5. The van der Waals surface area contributed by atoms with Crippen molar-refractivity contribution >= 4 is 24.0 Å². The third-order valence-electron chi connectivity index (χ3n) is 5.70. The fourth-order valence-corrected chi connectivity index (χ4v) is 4.20. The molecule has 30 heavy (non-hydrogen) atoms. The number of fused-ring (bicyclic) bond motifs is 1. The molecule has 0 atom stereocenters. The lowest BCUT2D eigenvalue weighted by molar-refractivity contribution is -0.120. The van der Waals surface area contributed by atoms with Gasteiger partial charge in [0.15, 0.2) is 0 Å². The lowest BCUT2D eigenvalue weighted by Gasteiger charge is -2.17. The maximum absolute atomic E-state index is 12.2. The first-order valence-electron chi connectivity index (χ1n) is 10.5. The van der Waals surface area contributed by atoms with Crippen molar-refractivity contribution in [2.45, 2.75) is 38.5 Å². The predicted molar refractivity (Wildman–Crippen MR) is 119 cm³/mol. The van der Waals surface area contributed by atoms with Crippen LogP contribution < -0.4 is 10.9 Å². The number of halogens is 1. The van der Waals surface area contributed by atoms with Gasteiger partial charge in [0.2, 0.25) is 5.91 Å². The number of hydrogen-bond acceptors (Lipinski definition) is 5. The Morgan fingerprint density at radius 1 is 1.13 bits per heavy atom. The second-order valence-corrected chi connectivity index (χ2v) is 7.80. The summed E-state index contributed by atoms with van der Waals surface area (Å²) in [5.41, 5.74) is 4.20. The molecule has 1 saturated heterocycles. The molecular formula is C22H29ClN4O3. The minimum Gasteiger partial charge on any atom is -0.370 e. The highest BCUT2D eigenvalue weighted by Crippen LogP contribution is 2.29. The Morgan fingerprint density at radius 3 is 2.70 bits per heavy atom. The molecule has 4 rings (SSSR count). The van der Waals surface area contributed by atoms with E-state index in [-0.39, 0.29) is 30.5 Å². The van der Waals surface area contributed by atoms with Gasteiger partial charge in [-0.3, -0.25) is 9.59 Å². The lowest BCUT2D eigenvalue weighted by Crippen LogP contribution is -2.26. The minimum absolute atomic E-state index is 0. The van der Waals surface area contributed by atoms with Crippen molar-refractivity contribution < 1.29 is 9.53 Å². The van der Waals surface area contributed by atoms with E-state index in [0.717, 1.165) is 67.7 Å². The summed E-state index contributed by atoms with van der Waals surface area (Å²) in [6.07, 6.45) is 6.27. The van der Waals surface area contributed by atoms with Crippen LogP contribution in [0.2, 0.25) is 0 Å². The van der Waals surface area contributed by atoms with Gasteiger partial charge in [-0.05, 0) is 69.3 Å². The number of hydrogen-bond donors (Lipinski definition) is 2. The van der Waals surface area contributed by atoms with Crippen molar-refractivity contribution in [1.29, 1.82) is 0 Å². The third-order valence-corrected chi connectivity index (χ3v) is 5.70. The van der Waals surface area contributed by atoms with Crippen molar-refractivity contribution in [3.63, 3.8) is 0 Å². The first kappa shape index (κ1) is 22.5. The van der Waals surface area contributed by atoms with E-state index in [4.69, 9.17) is 4.74 Å². The van der Waals surface area contributed by atoms with E-state index >= 15 is 0 Å². The Bertz CT molecular complexity index is 925. The monoisotopic (exact) mass is 432 g/mol. The average molecular weight is 433 g/mol. The fourth-order valence-electron chi connectivity index (χ4n) is 4.20. The second kappa shape index (κ2) is 10.7. The smallest absolute Gasteiger partial charge is 0.267 e. The Hall–Kier alpha value is -2.22. The van der Waals surface area contributed by atoms with Gasteiger partial charge in [-0.25, -0.2) is 5.10 Å². The number of amides is 1. The van der Waals surface area contributed by atoms with E-state index in [9.17, 15) is 9.59 Å². The number of carbonyl (C=O) groups excluding carboxylic acids is 1. The molecule has 2 heterocycles. The standard InChI is InChI=1S/C22H28N4O3.ClH/c27-20(15-29-13-12-26-10-3-4-11-26)23-17-7-5-6-16(14-17)21-18-8-1-2-9-19(18)22(28)25-24-21;/h5-7,14H,1-4,8-13,15H2,(H,23,27)(H,25,28);1H. The summed E-state index contributed by atoms with van der Waals surface area (Å²) in [6.45, 7) is 3.76. The van der Waals surface area contributed by atoms with Crippen LogP contribution in [-0.4, -0.2) is 53.9 Å². The number of rotatable bonds is 7. The summed E-state index contributed by atoms with van der Waals surface area (Å²) in [5, 5.41) is 9.82.